The number of hydrogen-bond donors (Lipinski definition) is 2. The van der Waals surface area contributed by atoms with E-state index in [2.05, 4.69) is 5.32 Å². The van der Waals surface area contributed by atoms with Gasteiger partial charge in [0.2, 0.25) is 5.12 Å². The molecule has 21 heavy (non-hydrogen) atoms. The molecule has 0 bridgehead atoms. The lowest BCUT2D eigenvalue weighted by Crippen LogP contribution is -2.56. The van der Waals surface area contributed by atoms with Crippen LogP contribution in [0.2, 0.25) is 0 Å². The molecule has 0 saturated heterocycles. The Morgan fingerprint density at radius 1 is 1.38 bits per heavy atom. The number of nitrogens with two attached hydrogens (primary N) is 1. The van der Waals surface area contributed by atoms with Gasteiger partial charge in [-0.25, -0.2) is 0 Å². The molecule has 1 aliphatic rings. The number of ether oxygens (including phenoxy) is 1. The van der Waals surface area contributed by atoms with Gasteiger partial charge in [0.05, 0.1) is 7.11 Å². The summed E-state index contributed by atoms with van der Waals surface area (Å²) < 4.78 is 5.15. The molecule has 6 heteroatoms. The van der Waals surface area contributed by atoms with Crippen LogP contribution in [0.4, 0.5) is 0 Å². The molecule has 1 atom stereocenters. The summed E-state index contributed by atoms with van der Waals surface area (Å²) in [5.74, 6) is 0.849. The van der Waals surface area contributed by atoms with Crippen LogP contribution in [0.1, 0.15) is 5.56 Å². The molecule has 0 amide bonds. The van der Waals surface area contributed by atoms with Crippen LogP contribution in [0.3, 0.4) is 0 Å². The quantitative estimate of drug-likeness (QED) is 0.495. The summed E-state index contributed by atoms with van der Waals surface area (Å²) in [6.45, 7) is 0.728. The van der Waals surface area contributed by atoms with Crippen molar-refractivity contribution in [2.45, 2.75) is 11.5 Å². The lowest BCUT2D eigenvalue weighted by atomic mass is 10.1. The molecule has 112 valence electrons. The number of halogens is 1. The van der Waals surface area contributed by atoms with E-state index >= 15 is 0 Å². The van der Waals surface area contributed by atoms with Crippen molar-refractivity contribution in [1.29, 1.82) is 0 Å². The Labute approximate surface area is 135 Å². The third kappa shape index (κ3) is 4.12. The van der Waals surface area contributed by atoms with E-state index in [1.165, 1.54) is 5.56 Å². The number of alkyl halides is 1. The normalized spacial score (nSPS) is 20.4. The number of nitrogens with one attached hydrogen (secondary N) is 1. The predicted molar refractivity (Wildman–Crippen MR) is 90.2 cm³/mol. The topological polar surface area (TPSA) is 50.5 Å². The molecule has 4 nitrogen and oxygen atoms in total. The summed E-state index contributed by atoms with van der Waals surface area (Å²) >= 11 is 11.4. The second kappa shape index (κ2) is 6.83. The third-order valence-electron chi connectivity index (χ3n) is 3.21. The van der Waals surface area contributed by atoms with Crippen LogP contribution in [0.5, 0.6) is 5.75 Å². The molecule has 0 saturated carbocycles. The minimum Gasteiger partial charge on any atom is -0.497 e. The molecule has 1 unspecified atom stereocenters. The maximum absolute atomic E-state index is 6.54. The molecular weight excluding hydrogens is 306 g/mol. The molecule has 0 aromatic heterocycles. The molecular formula is C15H18ClN3OS. The highest BCUT2D eigenvalue weighted by Gasteiger charge is 2.31. The average molecular weight is 324 g/mol. The lowest BCUT2D eigenvalue weighted by Gasteiger charge is -2.38. The molecule has 0 spiro atoms. The maximum Gasteiger partial charge on any atom is 0.210 e. The number of nitrogens with zero attached hydrogens (tertiary/aromatic N) is 1. The number of thiocarbonyl (C=S) groups is 1. The van der Waals surface area contributed by atoms with Gasteiger partial charge in [-0.2, -0.15) is 0 Å². The average Bonchev–Trinajstić information content (AvgIpc) is 2.46. The van der Waals surface area contributed by atoms with Gasteiger partial charge in [0.15, 0.2) is 5.11 Å². The second-order valence-corrected chi connectivity index (χ2v) is 5.67. The van der Waals surface area contributed by atoms with E-state index in [-0.39, 0.29) is 5.11 Å². The van der Waals surface area contributed by atoms with E-state index in [1.54, 1.807) is 7.11 Å². The summed E-state index contributed by atoms with van der Waals surface area (Å²) in [5, 5.41) is 2.16. The predicted octanol–water partition coefficient (Wildman–Crippen LogP) is 2.35. The van der Waals surface area contributed by atoms with Crippen molar-refractivity contribution >= 4 is 28.9 Å². The minimum absolute atomic E-state index is 0.166. The number of methoxy groups -OCH3 is 1. The Morgan fingerprint density at radius 3 is 2.71 bits per heavy atom. The molecule has 1 aromatic rings. The van der Waals surface area contributed by atoms with Crippen LogP contribution in [0, 0.1) is 0 Å². The SMILES string of the molecule is COc1ccc(CCN2C=CC=CC2(Cl)NC(N)=S)cc1. The van der Waals surface area contributed by atoms with Crippen molar-refractivity contribution in [3.63, 3.8) is 0 Å². The largest absolute Gasteiger partial charge is 0.497 e. The van der Waals surface area contributed by atoms with E-state index in [1.807, 2.05) is 53.6 Å². The monoisotopic (exact) mass is 323 g/mol. The van der Waals surface area contributed by atoms with E-state index in [4.69, 9.17) is 34.3 Å². The Balaban J connectivity index is 2.01. The molecule has 3 N–H and O–H groups in total. The van der Waals surface area contributed by atoms with Gasteiger partial charge in [-0.3, -0.25) is 0 Å². The highest BCUT2D eigenvalue weighted by molar-refractivity contribution is 7.80. The van der Waals surface area contributed by atoms with Crippen molar-refractivity contribution in [3.8, 4) is 5.75 Å². The van der Waals surface area contributed by atoms with E-state index in [0.29, 0.717) is 0 Å². The third-order valence-corrected chi connectivity index (χ3v) is 3.75. The molecule has 0 fully saturated rings. The maximum atomic E-state index is 6.54. The summed E-state index contributed by atoms with van der Waals surface area (Å²) in [5.41, 5.74) is 6.75. The van der Waals surface area contributed by atoms with Crippen molar-refractivity contribution < 1.29 is 4.74 Å². The van der Waals surface area contributed by atoms with Crippen LogP contribution in [-0.4, -0.2) is 28.8 Å². The first kappa shape index (κ1) is 15.7. The zero-order valence-electron chi connectivity index (χ0n) is 11.8. The molecule has 0 aliphatic carbocycles. The van der Waals surface area contributed by atoms with E-state index in [9.17, 15) is 0 Å². The molecule has 1 heterocycles. The fraction of sp³-hybridized carbons (Fsp3) is 0.267. The number of benzene rings is 1. The summed E-state index contributed by atoms with van der Waals surface area (Å²) in [6, 6.07) is 7.98. The van der Waals surface area contributed by atoms with Gasteiger partial charge in [0.1, 0.15) is 5.75 Å². The first-order chi connectivity index (χ1) is 10.0. The van der Waals surface area contributed by atoms with Gasteiger partial charge in [-0.1, -0.05) is 29.8 Å². The van der Waals surface area contributed by atoms with Crippen molar-refractivity contribution in [1.82, 2.24) is 10.2 Å². The van der Waals surface area contributed by atoms with Gasteiger partial charge in [-0.15, -0.1) is 0 Å². The second-order valence-electron chi connectivity index (χ2n) is 4.65. The smallest absolute Gasteiger partial charge is 0.210 e. The lowest BCUT2D eigenvalue weighted by molar-refractivity contribution is 0.264. The van der Waals surface area contributed by atoms with Crippen LogP contribution in [0.15, 0.2) is 48.7 Å². The van der Waals surface area contributed by atoms with Crippen LogP contribution in [-0.2, 0) is 6.42 Å². The zero-order chi connectivity index (χ0) is 15.3. The summed E-state index contributed by atoms with van der Waals surface area (Å²) in [4.78, 5) is 1.96. The van der Waals surface area contributed by atoms with Gasteiger partial charge in [-0.05, 0) is 48.5 Å². The van der Waals surface area contributed by atoms with Crippen molar-refractivity contribution in [2.24, 2.45) is 5.73 Å². The van der Waals surface area contributed by atoms with Crippen molar-refractivity contribution in [2.75, 3.05) is 13.7 Å². The number of rotatable bonds is 5. The Kier molecular flexibility index (Phi) is 5.09. The van der Waals surface area contributed by atoms with Crippen LogP contribution < -0.4 is 15.8 Å². The number of hydrogen-bond acceptors (Lipinski definition) is 3. The molecule has 2 rings (SSSR count). The van der Waals surface area contributed by atoms with Gasteiger partial charge in [0, 0.05) is 12.7 Å². The van der Waals surface area contributed by atoms with Gasteiger partial charge < -0.3 is 20.7 Å². The molecule has 1 aromatic carbocycles. The van der Waals surface area contributed by atoms with E-state index in [0.717, 1.165) is 18.7 Å². The number of allylic oxidation sites excluding steroid dienone is 2. The minimum atomic E-state index is -0.910. The highest BCUT2D eigenvalue weighted by Crippen LogP contribution is 2.24. The first-order valence-electron chi connectivity index (χ1n) is 6.56. The fourth-order valence-electron chi connectivity index (χ4n) is 2.11. The fourth-order valence-corrected chi connectivity index (χ4v) is 2.63. The van der Waals surface area contributed by atoms with Gasteiger partial charge >= 0.3 is 0 Å². The van der Waals surface area contributed by atoms with Crippen LogP contribution >= 0.6 is 23.8 Å². The first-order valence-corrected chi connectivity index (χ1v) is 7.34. The summed E-state index contributed by atoms with van der Waals surface area (Å²) in [6.07, 6.45) is 8.37. The van der Waals surface area contributed by atoms with Crippen molar-refractivity contribution in [3.05, 3.63) is 54.3 Å². The summed E-state index contributed by atoms with van der Waals surface area (Å²) in [7, 11) is 1.66. The molecule has 1 aliphatic heterocycles. The Hall–Kier alpha value is -1.72. The van der Waals surface area contributed by atoms with E-state index < -0.39 is 5.12 Å². The van der Waals surface area contributed by atoms with Gasteiger partial charge in [0.25, 0.3) is 0 Å². The Morgan fingerprint density at radius 2 is 2.10 bits per heavy atom. The molecule has 0 radical (unpaired) electrons. The standard InChI is InChI=1S/C15H18ClN3OS/c1-20-13-6-4-12(5-7-13)8-11-19-10-3-2-9-15(19,16)18-14(17)21/h2-7,9-10H,8,11H2,1H3,(H3,17,18,21). The highest BCUT2D eigenvalue weighted by atomic mass is 35.5. The van der Waals surface area contributed by atoms with Crippen LogP contribution in [0.25, 0.3) is 0 Å². The Bertz CT molecular complexity index is 559. The zero-order valence-corrected chi connectivity index (χ0v) is 13.3.